The summed E-state index contributed by atoms with van der Waals surface area (Å²) < 4.78 is 7.64. The zero-order valence-corrected chi connectivity index (χ0v) is 15.1. The Bertz CT molecular complexity index is 657. The number of benzene rings is 1. The van der Waals surface area contributed by atoms with Crippen LogP contribution in [-0.4, -0.2) is 40.3 Å². The largest absolute Gasteiger partial charge is 0.484 e. The molecule has 1 fully saturated rings. The minimum atomic E-state index is 0.0745. The molecule has 3 rings (SSSR count). The number of carbonyl (C=O) groups excluding carboxylic acids is 1. The van der Waals surface area contributed by atoms with Crippen molar-refractivity contribution in [1.82, 2.24) is 14.7 Å². The number of hydrogen-bond donors (Lipinski definition) is 0. The first kappa shape index (κ1) is 17.5. The fraction of sp³-hybridized carbons (Fsp3) is 0.500. The van der Waals surface area contributed by atoms with Gasteiger partial charge in [0.1, 0.15) is 5.75 Å². The van der Waals surface area contributed by atoms with Gasteiger partial charge >= 0.3 is 0 Å². The predicted octanol–water partition coefficient (Wildman–Crippen LogP) is 3.32. The van der Waals surface area contributed by atoms with E-state index in [0.29, 0.717) is 11.8 Å². The van der Waals surface area contributed by atoms with Crippen LogP contribution in [0.25, 0.3) is 0 Å². The van der Waals surface area contributed by atoms with Crippen LogP contribution in [-0.2, 0) is 11.3 Å². The second-order valence-electron chi connectivity index (χ2n) is 7.06. The van der Waals surface area contributed by atoms with Gasteiger partial charge in [0, 0.05) is 32.0 Å². The van der Waals surface area contributed by atoms with Gasteiger partial charge in [0.05, 0.1) is 0 Å². The number of rotatable bonds is 6. The summed E-state index contributed by atoms with van der Waals surface area (Å²) in [5, 5.41) is 4.26. The van der Waals surface area contributed by atoms with Gasteiger partial charge in [0.15, 0.2) is 6.61 Å². The van der Waals surface area contributed by atoms with E-state index in [1.807, 2.05) is 40.2 Å². The molecule has 1 saturated heterocycles. The Balaban J connectivity index is 1.41. The first-order valence-corrected chi connectivity index (χ1v) is 9.10. The van der Waals surface area contributed by atoms with Crippen LogP contribution in [0.5, 0.6) is 5.75 Å². The molecule has 0 radical (unpaired) electrons. The van der Waals surface area contributed by atoms with Gasteiger partial charge in [-0.25, -0.2) is 0 Å². The van der Waals surface area contributed by atoms with Crippen molar-refractivity contribution in [3.05, 3.63) is 48.3 Å². The van der Waals surface area contributed by atoms with Crippen molar-refractivity contribution in [2.45, 2.75) is 39.2 Å². The van der Waals surface area contributed by atoms with E-state index in [2.05, 4.69) is 31.1 Å². The molecule has 1 amide bonds. The van der Waals surface area contributed by atoms with Crippen molar-refractivity contribution in [3.63, 3.8) is 0 Å². The van der Waals surface area contributed by atoms with Gasteiger partial charge in [-0.3, -0.25) is 9.48 Å². The molecule has 2 heterocycles. The van der Waals surface area contributed by atoms with Crippen molar-refractivity contribution < 1.29 is 9.53 Å². The summed E-state index contributed by atoms with van der Waals surface area (Å²) in [7, 11) is 0. The van der Waals surface area contributed by atoms with E-state index in [4.69, 9.17) is 4.74 Å². The highest BCUT2D eigenvalue weighted by Crippen LogP contribution is 2.20. The van der Waals surface area contributed by atoms with Gasteiger partial charge in [0.2, 0.25) is 0 Å². The summed E-state index contributed by atoms with van der Waals surface area (Å²) in [4.78, 5) is 14.3. The number of aromatic nitrogens is 2. The molecule has 1 aliphatic heterocycles. The van der Waals surface area contributed by atoms with Gasteiger partial charge in [-0.05, 0) is 48.4 Å². The highest BCUT2D eigenvalue weighted by atomic mass is 16.5. The van der Waals surface area contributed by atoms with E-state index in [1.54, 1.807) is 0 Å². The Hall–Kier alpha value is -2.30. The fourth-order valence-corrected chi connectivity index (χ4v) is 3.22. The SMILES string of the molecule is CC(C)c1ccc(OCC(=O)N2CCC(Cn3cccn3)CC2)cc1. The van der Waals surface area contributed by atoms with Crippen LogP contribution in [0.4, 0.5) is 0 Å². The van der Waals surface area contributed by atoms with Crippen LogP contribution in [0.1, 0.15) is 38.2 Å². The quantitative estimate of drug-likeness (QED) is 0.810. The number of amides is 1. The smallest absolute Gasteiger partial charge is 0.260 e. The van der Waals surface area contributed by atoms with E-state index in [-0.39, 0.29) is 12.5 Å². The molecule has 134 valence electrons. The van der Waals surface area contributed by atoms with E-state index < -0.39 is 0 Å². The minimum Gasteiger partial charge on any atom is -0.484 e. The maximum atomic E-state index is 12.4. The minimum absolute atomic E-state index is 0.0745. The van der Waals surface area contributed by atoms with Crippen LogP contribution < -0.4 is 4.74 Å². The van der Waals surface area contributed by atoms with Crippen molar-refractivity contribution in [2.24, 2.45) is 5.92 Å². The summed E-state index contributed by atoms with van der Waals surface area (Å²) in [6, 6.07) is 9.96. The summed E-state index contributed by atoms with van der Waals surface area (Å²) in [6.07, 6.45) is 5.85. The third kappa shape index (κ3) is 4.84. The summed E-state index contributed by atoms with van der Waals surface area (Å²) in [5.74, 6) is 1.92. The molecule has 0 N–H and O–H groups in total. The second-order valence-corrected chi connectivity index (χ2v) is 7.06. The van der Waals surface area contributed by atoms with E-state index in [9.17, 15) is 4.79 Å². The molecule has 0 bridgehead atoms. The first-order chi connectivity index (χ1) is 12.1. The molecule has 1 aromatic heterocycles. The topological polar surface area (TPSA) is 47.4 Å². The molecule has 0 saturated carbocycles. The van der Waals surface area contributed by atoms with Crippen molar-refractivity contribution in [1.29, 1.82) is 0 Å². The van der Waals surface area contributed by atoms with Gasteiger partial charge in [-0.1, -0.05) is 26.0 Å². The van der Waals surface area contributed by atoms with Crippen molar-refractivity contribution >= 4 is 5.91 Å². The fourth-order valence-electron chi connectivity index (χ4n) is 3.22. The Morgan fingerprint density at radius 2 is 1.96 bits per heavy atom. The molecule has 0 unspecified atom stereocenters. The Morgan fingerprint density at radius 1 is 1.24 bits per heavy atom. The molecule has 2 aromatic rings. The molecule has 1 aliphatic rings. The standard InChI is InChI=1S/C20H27N3O2/c1-16(2)18-4-6-19(7-5-18)25-15-20(24)22-12-8-17(9-13-22)14-23-11-3-10-21-23/h3-7,10-11,16-17H,8-9,12-15H2,1-2H3. The van der Waals surface area contributed by atoms with Gasteiger partial charge in [-0.15, -0.1) is 0 Å². The van der Waals surface area contributed by atoms with Crippen LogP contribution >= 0.6 is 0 Å². The molecule has 0 spiro atoms. The molecule has 0 aliphatic carbocycles. The molecular weight excluding hydrogens is 314 g/mol. The average molecular weight is 341 g/mol. The summed E-state index contributed by atoms with van der Waals surface area (Å²) >= 11 is 0. The maximum Gasteiger partial charge on any atom is 0.260 e. The van der Waals surface area contributed by atoms with E-state index >= 15 is 0 Å². The lowest BCUT2D eigenvalue weighted by Gasteiger charge is -2.31. The van der Waals surface area contributed by atoms with Crippen LogP contribution in [0.15, 0.2) is 42.7 Å². The van der Waals surface area contributed by atoms with Crippen molar-refractivity contribution in [2.75, 3.05) is 19.7 Å². The number of carbonyl (C=O) groups is 1. The summed E-state index contributed by atoms with van der Waals surface area (Å²) in [5.41, 5.74) is 1.28. The lowest BCUT2D eigenvalue weighted by molar-refractivity contribution is -0.134. The lowest BCUT2D eigenvalue weighted by atomic mass is 9.97. The maximum absolute atomic E-state index is 12.4. The van der Waals surface area contributed by atoms with Crippen LogP contribution in [0.3, 0.4) is 0 Å². The Morgan fingerprint density at radius 3 is 2.56 bits per heavy atom. The number of piperidine rings is 1. The highest BCUT2D eigenvalue weighted by Gasteiger charge is 2.23. The normalized spacial score (nSPS) is 15.6. The molecule has 5 heteroatoms. The number of ether oxygens (including phenoxy) is 1. The molecule has 1 aromatic carbocycles. The summed E-state index contributed by atoms with van der Waals surface area (Å²) in [6.45, 7) is 6.99. The zero-order chi connectivity index (χ0) is 17.6. The molecule has 5 nitrogen and oxygen atoms in total. The number of hydrogen-bond acceptors (Lipinski definition) is 3. The van der Waals surface area contributed by atoms with Crippen LogP contribution in [0.2, 0.25) is 0 Å². The average Bonchev–Trinajstić information content (AvgIpc) is 3.13. The lowest BCUT2D eigenvalue weighted by Crippen LogP contribution is -2.41. The van der Waals surface area contributed by atoms with Gasteiger partial charge in [0.25, 0.3) is 5.91 Å². The predicted molar refractivity (Wildman–Crippen MR) is 97.6 cm³/mol. The third-order valence-corrected chi connectivity index (χ3v) is 4.88. The van der Waals surface area contributed by atoms with E-state index in [0.717, 1.165) is 38.2 Å². The van der Waals surface area contributed by atoms with Crippen LogP contribution in [0, 0.1) is 5.92 Å². The molecule has 25 heavy (non-hydrogen) atoms. The Kier molecular flexibility index (Phi) is 5.74. The highest BCUT2D eigenvalue weighted by molar-refractivity contribution is 5.77. The van der Waals surface area contributed by atoms with Gasteiger partial charge in [-0.2, -0.15) is 5.10 Å². The molecule has 0 atom stereocenters. The number of likely N-dealkylation sites (tertiary alicyclic amines) is 1. The Labute approximate surface area is 149 Å². The zero-order valence-electron chi connectivity index (χ0n) is 15.1. The number of nitrogens with zero attached hydrogens (tertiary/aromatic N) is 3. The second kappa shape index (κ2) is 8.19. The van der Waals surface area contributed by atoms with Crippen molar-refractivity contribution in [3.8, 4) is 5.75 Å². The van der Waals surface area contributed by atoms with Gasteiger partial charge < -0.3 is 9.64 Å². The molecular formula is C20H27N3O2. The third-order valence-electron chi connectivity index (χ3n) is 4.88. The first-order valence-electron chi connectivity index (χ1n) is 9.10. The monoisotopic (exact) mass is 341 g/mol. The van der Waals surface area contributed by atoms with E-state index in [1.165, 1.54) is 5.56 Å².